The normalized spacial score (nSPS) is 14.7. The van der Waals surface area contributed by atoms with Crippen LogP contribution in [0.3, 0.4) is 0 Å². The second kappa shape index (κ2) is 11.8. The highest BCUT2D eigenvalue weighted by molar-refractivity contribution is 14.1. The van der Waals surface area contributed by atoms with Crippen LogP contribution in [0.25, 0.3) is 6.08 Å². The standard InChI is InChI=1S/C23H21ClINO6S/c1-3-30-18-10-15(9-17(24)21(18)32-13-14-5-7-16(25)8-6-14)11-19-22(28)26(23(29)33-19)12-20(27)31-4-2/h5-11H,3-4,12-13H2,1-2H3/b19-11+. The van der Waals surface area contributed by atoms with Gasteiger partial charge in [0.05, 0.1) is 23.1 Å². The van der Waals surface area contributed by atoms with E-state index in [0.717, 1.165) is 25.8 Å². The van der Waals surface area contributed by atoms with Gasteiger partial charge in [0.25, 0.3) is 11.1 Å². The zero-order valence-corrected chi connectivity index (χ0v) is 21.7. The van der Waals surface area contributed by atoms with E-state index in [1.807, 2.05) is 31.2 Å². The smallest absolute Gasteiger partial charge is 0.326 e. The van der Waals surface area contributed by atoms with Gasteiger partial charge in [-0.1, -0.05) is 23.7 Å². The zero-order valence-electron chi connectivity index (χ0n) is 17.9. The molecule has 174 valence electrons. The van der Waals surface area contributed by atoms with Crippen molar-refractivity contribution in [2.75, 3.05) is 19.8 Å². The van der Waals surface area contributed by atoms with Crippen molar-refractivity contribution in [3.63, 3.8) is 0 Å². The van der Waals surface area contributed by atoms with Gasteiger partial charge in [-0.3, -0.25) is 19.3 Å². The summed E-state index contributed by atoms with van der Waals surface area (Å²) >= 11 is 9.46. The Morgan fingerprint density at radius 3 is 2.52 bits per heavy atom. The Bertz CT molecular complexity index is 1090. The maximum atomic E-state index is 12.6. The van der Waals surface area contributed by atoms with E-state index >= 15 is 0 Å². The number of benzene rings is 2. The minimum absolute atomic E-state index is 0.168. The van der Waals surface area contributed by atoms with Crippen molar-refractivity contribution >= 4 is 69.1 Å². The van der Waals surface area contributed by atoms with Crippen LogP contribution >= 0.6 is 46.0 Å². The molecule has 1 fully saturated rings. The molecule has 0 radical (unpaired) electrons. The fourth-order valence-corrected chi connectivity index (χ4v) is 4.41. The van der Waals surface area contributed by atoms with E-state index in [1.165, 1.54) is 6.08 Å². The first-order valence-electron chi connectivity index (χ1n) is 10.1. The van der Waals surface area contributed by atoms with Gasteiger partial charge in [-0.2, -0.15) is 0 Å². The third-order valence-corrected chi connectivity index (χ3v) is 6.30. The second-order valence-electron chi connectivity index (χ2n) is 6.75. The number of nitrogens with zero attached hydrogens (tertiary/aromatic N) is 1. The van der Waals surface area contributed by atoms with E-state index in [9.17, 15) is 14.4 Å². The minimum Gasteiger partial charge on any atom is -0.490 e. The molecule has 1 heterocycles. The number of hydrogen-bond donors (Lipinski definition) is 0. The van der Waals surface area contributed by atoms with Crippen molar-refractivity contribution in [3.05, 3.63) is 61.0 Å². The van der Waals surface area contributed by atoms with E-state index < -0.39 is 23.7 Å². The number of thioether (sulfide) groups is 1. The van der Waals surface area contributed by atoms with Gasteiger partial charge < -0.3 is 14.2 Å². The van der Waals surface area contributed by atoms with Crippen LogP contribution in [-0.4, -0.2) is 41.8 Å². The summed E-state index contributed by atoms with van der Waals surface area (Å²) < 4.78 is 17.6. The molecule has 2 aromatic rings. The van der Waals surface area contributed by atoms with Crippen LogP contribution in [0.1, 0.15) is 25.0 Å². The molecule has 2 aromatic carbocycles. The molecular formula is C23H21ClINO6S. The van der Waals surface area contributed by atoms with Gasteiger partial charge >= 0.3 is 5.97 Å². The molecule has 1 aliphatic rings. The molecule has 7 nitrogen and oxygen atoms in total. The molecule has 1 aliphatic heterocycles. The molecule has 3 rings (SSSR count). The largest absolute Gasteiger partial charge is 0.490 e. The summed E-state index contributed by atoms with van der Waals surface area (Å²) in [6.45, 7) is 3.93. The lowest BCUT2D eigenvalue weighted by molar-refractivity contribution is -0.145. The van der Waals surface area contributed by atoms with Gasteiger partial charge in [0.1, 0.15) is 13.2 Å². The summed E-state index contributed by atoms with van der Waals surface area (Å²) in [4.78, 5) is 37.6. The SMILES string of the molecule is CCOC(=O)CN1C(=O)S/C(=C/c2cc(Cl)c(OCc3ccc(I)cc3)c(OCC)c2)C1=O. The van der Waals surface area contributed by atoms with Crippen LogP contribution in [0, 0.1) is 3.57 Å². The maximum absolute atomic E-state index is 12.6. The lowest BCUT2D eigenvalue weighted by Crippen LogP contribution is -2.34. The first-order valence-corrected chi connectivity index (χ1v) is 12.3. The molecule has 0 saturated carbocycles. The molecule has 0 aliphatic carbocycles. The van der Waals surface area contributed by atoms with Gasteiger partial charge in [-0.05, 0) is 89.7 Å². The van der Waals surface area contributed by atoms with E-state index in [2.05, 4.69) is 22.6 Å². The van der Waals surface area contributed by atoms with Gasteiger partial charge in [-0.15, -0.1) is 0 Å². The topological polar surface area (TPSA) is 82.1 Å². The van der Waals surface area contributed by atoms with Crippen LogP contribution in [0.4, 0.5) is 4.79 Å². The number of imide groups is 1. The predicted octanol–water partition coefficient (Wildman–Crippen LogP) is 5.52. The summed E-state index contributed by atoms with van der Waals surface area (Å²) in [7, 11) is 0. The van der Waals surface area contributed by atoms with Crippen LogP contribution in [0.2, 0.25) is 5.02 Å². The van der Waals surface area contributed by atoms with Gasteiger partial charge in [0, 0.05) is 3.57 Å². The molecule has 0 bridgehead atoms. The Labute approximate surface area is 214 Å². The second-order valence-corrected chi connectivity index (χ2v) is 9.40. The van der Waals surface area contributed by atoms with Crippen molar-refractivity contribution < 1.29 is 28.6 Å². The third-order valence-electron chi connectivity index (χ3n) is 4.39. The molecule has 1 saturated heterocycles. The number of esters is 1. The number of ether oxygens (including phenoxy) is 3. The number of halogens is 2. The summed E-state index contributed by atoms with van der Waals surface area (Å²) in [5.41, 5.74) is 1.54. The predicted molar refractivity (Wildman–Crippen MR) is 135 cm³/mol. The quantitative estimate of drug-likeness (QED) is 0.213. The monoisotopic (exact) mass is 601 g/mol. The molecular weight excluding hydrogens is 581 g/mol. The number of carbonyl (C=O) groups is 3. The summed E-state index contributed by atoms with van der Waals surface area (Å²) in [5.74, 6) is -0.388. The third kappa shape index (κ3) is 6.64. The Kier molecular flexibility index (Phi) is 9.04. The molecule has 10 heteroatoms. The van der Waals surface area contributed by atoms with Crippen LogP contribution in [0.5, 0.6) is 11.5 Å². The van der Waals surface area contributed by atoms with Crippen LogP contribution < -0.4 is 9.47 Å². The maximum Gasteiger partial charge on any atom is 0.326 e. The Morgan fingerprint density at radius 2 is 1.85 bits per heavy atom. The number of rotatable bonds is 9. The average Bonchev–Trinajstić information content (AvgIpc) is 3.02. The van der Waals surface area contributed by atoms with Gasteiger partial charge in [0.15, 0.2) is 11.5 Å². The number of carbonyl (C=O) groups excluding carboxylic acids is 3. The molecule has 0 N–H and O–H groups in total. The molecule has 0 aromatic heterocycles. The summed E-state index contributed by atoms with van der Waals surface area (Å²) in [6.07, 6.45) is 1.54. The highest BCUT2D eigenvalue weighted by Gasteiger charge is 2.36. The van der Waals surface area contributed by atoms with Crippen LogP contribution in [0.15, 0.2) is 41.3 Å². The fraction of sp³-hybridized carbons (Fsp3) is 0.261. The summed E-state index contributed by atoms with van der Waals surface area (Å²) in [5, 5.41) is -0.226. The first-order chi connectivity index (χ1) is 15.8. The molecule has 2 amide bonds. The molecule has 33 heavy (non-hydrogen) atoms. The van der Waals surface area contributed by atoms with Gasteiger partial charge in [0.2, 0.25) is 0 Å². The summed E-state index contributed by atoms with van der Waals surface area (Å²) in [6, 6.07) is 11.2. The Hall–Kier alpha value is -2.24. The first kappa shape index (κ1) is 25.4. The zero-order chi connectivity index (χ0) is 24.0. The molecule has 0 unspecified atom stereocenters. The number of hydrogen-bond acceptors (Lipinski definition) is 7. The Morgan fingerprint density at radius 1 is 1.12 bits per heavy atom. The highest BCUT2D eigenvalue weighted by atomic mass is 127. The lowest BCUT2D eigenvalue weighted by Gasteiger charge is -2.15. The van der Waals surface area contributed by atoms with Crippen molar-refractivity contribution in [3.8, 4) is 11.5 Å². The molecule has 0 atom stereocenters. The average molecular weight is 602 g/mol. The van der Waals surface area contributed by atoms with Gasteiger partial charge in [-0.25, -0.2) is 0 Å². The van der Waals surface area contributed by atoms with Crippen molar-refractivity contribution in [2.45, 2.75) is 20.5 Å². The van der Waals surface area contributed by atoms with E-state index in [0.29, 0.717) is 35.3 Å². The minimum atomic E-state index is -0.641. The fourth-order valence-electron chi connectivity index (χ4n) is 2.93. The van der Waals surface area contributed by atoms with Crippen LogP contribution in [-0.2, 0) is 20.9 Å². The van der Waals surface area contributed by atoms with Crippen molar-refractivity contribution in [1.29, 1.82) is 0 Å². The number of amides is 2. The Balaban J connectivity index is 1.81. The molecule has 0 spiro atoms. The van der Waals surface area contributed by atoms with E-state index in [4.69, 9.17) is 25.8 Å². The van der Waals surface area contributed by atoms with E-state index in [-0.39, 0.29) is 11.5 Å². The van der Waals surface area contributed by atoms with Crippen molar-refractivity contribution in [2.24, 2.45) is 0 Å². The highest BCUT2D eigenvalue weighted by Crippen LogP contribution is 2.39. The lowest BCUT2D eigenvalue weighted by atomic mass is 10.1. The van der Waals surface area contributed by atoms with E-state index in [1.54, 1.807) is 19.1 Å². The van der Waals surface area contributed by atoms with Crippen molar-refractivity contribution in [1.82, 2.24) is 4.90 Å².